The lowest BCUT2D eigenvalue weighted by molar-refractivity contribution is -0.137. The lowest BCUT2D eigenvalue weighted by atomic mass is 9.89. The second kappa shape index (κ2) is 55.7. The zero-order chi connectivity index (χ0) is 72.1. The first kappa shape index (κ1) is 88.0. The smallest absolute Gasteiger partial charge is 0.226 e. The van der Waals surface area contributed by atoms with Gasteiger partial charge in [-0.15, -0.1) is 0 Å². The molecule has 558 valence electrons. The maximum Gasteiger partial charge on any atom is 0.226 e. The number of carbonyl (C=O) groups excluding carboxylic acids is 10. The first-order valence-corrected chi connectivity index (χ1v) is 38.0. The van der Waals surface area contributed by atoms with Crippen LogP contribution in [0.5, 0.6) is 0 Å². The second-order valence-electron chi connectivity index (χ2n) is 27.9. The van der Waals surface area contributed by atoms with E-state index in [0.717, 1.165) is 51.4 Å². The third kappa shape index (κ3) is 40.9. The summed E-state index contributed by atoms with van der Waals surface area (Å²) in [6.45, 7) is 8.57. The number of aliphatic hydroxyl groups is 2. The molecule has 0 aliphatic carbocycles. The number of carbonyl (C=O) groups is 10. The fourth-order valence-electron chi connectivity index (χ4n) is 12.4. The summed E-state index contributed by atoms with van der Waals surface area (Å²) in [7, 11) is 0. The van der Waals surface area contributed by atoms with E-state index in [1.165, 1.54) is 141 Å². The molecular weight excluding hydrogens is 1250 g/mol. The van der Waals surface area contributed by atoms with Gasteiger partial charge in [0, 0.05) is 81.1 Å². The summed E-state index contributed by atoms with van der Waals surface area (Å²) < 4.78 is 0. The Kier molecular flexibility index (Phi) is 50.0. The van der Waals surface area contributed by atoms with Crippen LogP contribution >= 0.6 is 0 Å². The molecule has 0 aliphatic heterocycles. The number of aromatic nitrogens is 4. The van der Waals surface area contributed by atoms with Gasteiger partial charge in [0.1, 0.15) is 0 Å². The van der Waals surface area contributed by atoms with Crippen LogP contribution in [0.1, 0.15) is 296 Å². The van der Waals surface area contributed by atoms with Crippen molar-refractivity contribution in [1.82, 2.24) is 46.5 Å². The summed E-state index contributed by atoms with van der Waals surface area (Å²) in [5.41, 5.74) is 12.7. The van der Waals surface area contributed by atoms with Crippen molar-refractivity contribution in [3.8, 4) is 0 Å². The average Bonchev–Trinajstić information content (AvgIpc) is 1.14. The highest BCUT2D eigenvalue weighted by Crippen LogP contribution is 2.22. The van der Waals surface area contributed by atoms with Crippen LogP contribution in [0, 0.1) is 23.7 Å². The van der Waals surface area contributed by atoms with Crippen LogP contribution in [0.4, 0.5) is 0 Å². The standard InChI is InChI=1S/C75H131N11O12/c1-6-8-10-12-14-16-18-19-20-22-23-25-27-29-36-63(82-71(94)38-30-28-26-24-21-17-15-13-11-9-7-2)68(91)44-57(35-31-33-41-76)73(96)85-65(43-55(3)4)69(92)45-59(52-88)75(98)86-66(48-61-50-79-54-81-61)70(93)46-58(51-87)74(97)84-62(37-32-34-42-77)67(90)39-40-72(95)83-64(56(5)89)47-60-49-78-53-80-60/h49-50,53-55,57-59,62-66,87-88H,6-48,51-52,76-77H2,1-5H3,(H,78,80)(H,79,81)(H,82,94)(H,83,95)(H,84,97)(H,85,96)(H,86,98)/t57-,58+,59+,62+,63?,64+,65+,66+/m1/s1. The predicted molar refractivity (Wildman–Crippen MR) is 384 cm³/mol. The number of nitrogens with zero attached hydrogens (tertiary/aromatic N) is 2. The normalized spacial score (nSPS) is 13.9. The summed E-state index contributed by atoms with van der Waals surface area (Å²) in [6.07, 6.45) is 36.5. The van der Waals surface area contributed by atoms with Crippen molar-refractivity contribution in [2.45, 2.75) is 328 Å². The summed E-state index contributed by atoms with van der Waals surface area (Å²) in [4.78, 5) is 152. The maximum atomic E-state index is 14.6. The van der Waals surface area contributed by atoms with Gasteiger partial charge >= 0.3 is 0 Å². The Morgan fingerprint density at radius 2 is 0.765 bits per heavy atom. The lowest BCUT2D eigenvalue weighted by Gasteiger charge is -2.26. The van der Waals surface area contributed by atoms with Crippen molar-refractivity contribution in [3.05, 3.63) is 36.4 Å². The number of hydrogen-bond donors (Lipinski definition) is 11. The number of aromatic amines is 2. The van der Waals surface area contributed by atoms with Gasteiger partial charge in [-0.05, 0) is 77.3 Å². The van der Waals surface area contributed by atoms with E-state index >= 15 is 0 Å². The first-order chi connectivity index (χ1) is 47.3. The van der Waals surface area contributed by atoms with E-state index in [4.69, 9.17) is 11.5 Å². The van der Waals surface area contributed by atoms with Gasteiger partial charge in [-0.2, -0.15) is 0 Å². The Bertz CT molecular complexity index is 2510. The highest BCUT2D eigenvalue weighted by molar-refractivity contribution is 5.98. The molecule has 0 saturated heterocycles. The Labute approximate surface area is 586 Å². The van der Waals surface area contributed by atoms with Crippen LogP contribution in [-0.4, -0.2) is 145 Å². The highest BCUT2D eigenvalue weighted by atomic mass is 16.3. The molecule has 2 rings (SSSR count). The van der Waals surface area contributed by atoms with Crippen molar-refractivity contribution >= 4 is 58.5 Å². The van der Waals surface area contributed by atoms with E-state index in [9.17, 15) is 58.2 Å². The van der Waals surface area contributed by atoms with E-state index in [-0.39, 0.29) is 68.3 Å². The molecule has 8 atom stereocenters. The van der Waals surface area contributed by atoms with Crippen molar-refractivity contribution in [3.63, 3.8) is 0 Å². The molecular formula is C75H131N11O12. The molecule has 0 fully saturated rings. The van der Waals surface area contributed by atoms with Crippen molar-refractivity contribution in [2.75, 3.05) is 26.3 Å². The quantitative estimate of drug-likeness (QED) is 0.0274. The number of imidazole rings is 2. The fourth-order valence-corrected chi connectivity index (χ4v) is 12.4. The Morgan fingerprint density at radius 1 is 0.408 bits per heavy atom. The van der Waals surface area contributed by atoms with Crippen molar-refractivity contribution in [1.29, 1.82) is 0 Å². The molecule has 98 heavy (non-hydrogen) atoms. The minimum atomic E-state index is -1.40. The van der Waals surface area contributed by atoms with Gasteiger partial charge in [0.2, 0.25) is 29.5 Å². The molecule has 0 aromatic carbocycles. The average molecular weight is 1380 g/mol. The third-order valence-corrected chi connectivity index (χ3v) is 18.6. The van der Waals surface area contributed by atoms with E-state index in [1.54, 1.807) is 0 Å². The van der Waals surface area contributed by atoms with Crippen molar-refractivity contribution in [2.24, 2.45) is 35.1 Å². The number of H-pyrrole nitrogens is 2. The number of nitrogens with one attached hydrogen (secondary N) is 7. The lowest BCUT2D eigenvalue weighted by Crippen LogP contribution is -2.50. The van der Waals surface area contributed by atoms with E-state index in [2.05, 4.69) is 60.4 Å². The third-order valence-electron chi connectivity index (χ3n) is 18.6. The number of amides is 5. The van der Waals surface area contributed by atoms with E-state index in [1.807, 2.05) is 13.8 Å². The Balaban J connectivity index is 2.24. The topological polar surface area (TPSA) is 381 Å². The van der Waals surface area contributed by atoms with Crippen LogP contribution in [0.3, 0.4) is 0 Å². The largest absolute Gasteiger partial charge is 0.396 e. The number of aliphatic hydroxyl groups excluding tert-OH is 2. The molecule has 0 spiro atoms. The predicted octanol–water partition coefficient (Wildman–Crippen LogP) is 9.87. The molecule has 13 N–H and O–H groups in total. The minimum absolute atomic E-state index is 0.127. The van der Waals surface area contributed by atoms with Gasteiger partial charge < -0.3 is 58.2 Å². The van der Waals surface area contributed by atoms with Crippen LogP contribution in [-0.2, 0) is 60.8 Å². The molecule has 0 aliphatic rings. The number of ketones is 5. The molecule has 0 saturated carbocycles. The molecule has 0 radical (unpaired) electrons. The zero-order valence-corrected chi connectivity index (χ0v) is 60.9. The summed E-state index contributed by atoms with van der Waals surface area (Å²) in [5.74, 6) is -9.06. The van der Waals surface area contributed by atoms with Gasteiger partial charge in [0.25, 0.3) is 0 Å². The number of hydrogen-bond acceptors (Lipinski definition) is 16. The van der Waals surface area contributed by atoms with Crippen LogP contribution in [0.25, 0.3) is 0 Å². The van der Waals surface area contributed by atoms with E-state index in [0.29, 0.717) is 69.4 Å². The number of unbranched alkanes of at least 4 members (excludes halogenated alkanes) is 25. The maximum absolute atomic E-state index is 14.6. The van der Waals surface area contributed by atoms with Gasteiger partial charge in [-0.3, -0.25) is 47.9 Å². The molecule has 23 heteroatoms. The SMILES string of the molecule is CCCCCCCCCCCCCCCCC(NC(=O)CCCCCCCCCCCCC)C(=O)C[C@@H](CCCCN)C(=O)N[C@@H](CC(C)C)C(=O)C[C@@H](CO)C(=O)N[C@@H](Cc1cnc[nH]1)C(=O)C[C@@H](CO)C(=O)N[C@@H](CCCCN)C(=O)CCC(=O)N[C@@H](Cc1cnc[nH]1)C(C)=O. The van der Waals surface area contributed by atoms with Gasteiger partial charge in [0.05, 0.1) is 67.9 Å². The van der Waals surface area contributed by atoms with E-state index < -0.39 is 115 Å². The summed E-state index contributed by atoms with van der Waals surface area (Å²) >= 11 is 0. The van der Waals surface area contributed by atoms with Gasteiger partial charge in [-0.1, -0.05) is 188 Å². The van der Waals surface area contributed by atoms with Crippen LogP contribution in [0.15, 0.2) is 25.0 Å². The molecule has 2 aromatic rings. The molecule has 5 amide bonds. The number of Topliss-reactive ketones (excluding diaryl/α,β-unsaturated/α-hetero) is 5. The van der Waals surface area contributed by atoms with Crippen LogP contribution in [0.2, 0.25) is 0 Å². The van der Waals surface area contributed by atoms with Gasteiger partial charge in [-0.25, -0.2) is 9.97 Å². The number of nitrogens with two attached hydrogens (primary N) is 2. The molecule has 0 bridgehead atoms. The minimum Gasteiger partial charge on any atom is -0.396 e. The summed E-state index contributed by atoms with van der Waals surface area (Å²) in [6, 6.07) is -5.26. The Morgan fingerprint density at radius 3 is 1.20 bits per heavy atom. The van der Waals surface area contributed by atoms with Crippen molar-refractivity contribution < 1.29 is 58.2 Å². The number of rotatable bonds is 65. The van der Waals surface area contributed by atoms with Crippen LogP contribution < -0.4 is 38.1 Å². The monoisotopic (exact) mass is 1380 g/mol. The first-order valence-electron chi connectivity index (χ1n) is 38.0. The zero-order valence-electron chi connectivity index (χ0n) is 60.9. The highest BCUT2D eigenvalue weighted by Gasteiger charge is 2.35. The summed E-state index contributed by atoms with van der Waals surface area (Å²) in [5, 5.41) is 35.2. The molecule has 1 unspecified atom stereocenters. The second-order valence-corrected chi connectivity index (χ2v) is 27.9. The molecule has 2 aromatic heterocycles. The Hall–Kier alpha value is -6.04. The molecule has 23 nitrogen and oxygen atoms in total. The fraction of sp³-hybridized carbons (Fsp3) is 0.787. The van der Waals surface area contributed by atoms with Gasteiger partial charge in [0.15, 0.2) is 28.9 Å². The molecule has 2 heterocycles.